The van der Waals surface area contributed by atoms with E-state index in [-0.39, 0.29) is 18.1 Å². The lowest BCUT2D eigenvalue weighted by Crippen LogP contribution is -2.60. The first kappa shape index (κ1) is 16.4. The minimum atomic E-state index is -0.545. The lowest BCUT2D eigenvalue weighted by molar-refractivity contribution is -0.128. The topological polar surface area (TPSA) is 81.4 Å². The summed E-state index contributed by atoms with van der Waals surface area (Å²) in [6, 6.07) is 5.20. The molecular weight excluding hydrogens is 316 g/mol. The molecule has 5 heteroatoms. The van der Waals surface area contributed by atoms with Crippen molar-refractivity contribution in [3.8, 4) is 5.75 Å². The van der Waals surface area contributed by atoms with E-state index in [0.29, 0.717) is 11.3 Å². The second-order valence-electron chi connectivity index (χ2n) is 8.40. The Hall–Kier alpha value is -2.04. The van der Waals surface area contributed by atoms with Crippen LogP contribution in [0.4, 0.5) is 0 Å². The van der Waals surface area contributed by atoms with E-state index in [2.05, 4.69) is 5.32 Å². The molecule has 4 saturated carbocycles. The highest BCUT2D eigenvalue weighted by atomic mass is 16.5. The van der Waals surface area contributed by atoms with Gasteiger partial charge >= 0.3 is 0 Å². The van der Waals surface area contributed by atoms with Crippen LogP contribution in [0.5, 0.6) is 5.75 Å². The monoisotopic (exact) mass is 342 g/mol. The second kappa shape index (κ2) is 6.04. The second-order valence-corrected chi connectivity index (χ2v) is 8.40. The van der Waals surface area contributed by atoms with Crippen molar-refractivity contribution in [3.05, 3.63) is 29.3 Å². The zero-order chi connectivity index (χ0) is 17.6. The van der Waals surface area contributed by atoms with Crippen LogP contribution in [0, 0.1) is 24.7 Å². The molecule has 2 amide bonds. The summed E-state index contributed by atoms with van der Waals surface area (Å²) < 4.78 is 5.64. The van der Waals surface area contributed by atoms with Crippen LogP contribution in [-0.4, -0.2) is 24.0 Å². The third-order valence-corrected chi connectivity index (χ3v) is 6.20. The van der Waals surface area contributed by atoms with Crippen LogP contribution in [0.1, 0.15) is 54.4 Å². The first-order valence-electron chi connectivity index (χ1n) is 9.27. The number of hydrogen-bond donors (Lipinski definition) is 2. The van der Waals surface area contributed by atoms with Crippen molar-refractivity contribution in [1.82, 2.24) is 5.32 Å². The van der Waals surface area contributed by atoms with E-state index in [1.54, 1.807) is 12.1 Å². The number of aryl methyl sites for hydroxylation is 1. The predicted molar refractivity (Wildman–Crippen MR) is 94.2 cm³/mol. The molecule has 4 fully saturated rings. The van der Waals surface area contributed by atoms with Gasteiger partial charge in [0, 0.05) is 5.54 Å². The van der Waals surface area contributed by atoms with Gasteiger partial charge in [0.25, 0.3) is 11.8 Å². The normalized spacial score (nSPS) is 32.4. The fourth-order valence-corrected chi connectivity index (χ4v) is 5.69. The van der Waals surface area contributed by atoms with Crippen molar-refractivity contribution in [2.24, 2.45) is 23.5 Å². The number of carbonyl (C=O) groups is 2. The summed E-state index contributed by atoms with van der Waals surface area (Å²) in [6.45, 7) is 1.83. The maximum absolute atomic E-state index is 12.5. The van der Waals surface area contributed by atoms with Crippen LogP contribution in [0.15, 0.2) is 18.2 Å². The van der Waals surface area contributed by atoms with Crippen molar-refractivity contribution in [2.45, 2.75) is 51.0 Å². The van der Waals surface area contributed by atoms with E-state index < -0.39 is 5.91 Å². The average molecular weight is 342 g/mol. The van der Waals surface area contributed by atoms with Gasteiger partial charge in [0.05, 0.1) is 5.56 Å². The fraction of sp³-hybridized carbons (Fsp3) is 0.600. The molecule has 5 rings (SSSR count). The largest absolute Gasteiger partial charge is 0.483 e. The Morgan fingerprint density at radius 1 is 1.16 bits per heavy atom. The van der Waals surface area contributed by atoms with Gasteiger partial charge in [-0.15, -0.1) is 0 Å². The number of hydrogen-bond acceptors (Lipinski definition) is 3. The van der Waals surface area contributed by atoms with E-state index in [4.69, 9.17) is 10.5 Å². The minimum absolute atomic E-state index is 0.0195. The molecule has 0 saturated heterocycles. The number of benzene rings is 1. The molecule has 0 spiro atoms. The zero-order valence-corrected chi connectivity index (χ0v) is 14.7. The summed E-state index contributed by atoms with van der Waals surface area (Å²) >= 11 is 0. The quantitative estimate of drug-likeness (QED) is 0.863. The molecule has 0 aromatic heterocycles. The van der Waals surface area contributed by atoms with Crippen molar-refractivity contribution >= 4 is 11.8 Å². The number of carbonyl (C=O) groups excluding carboxylic acids is 2. The van der Waals surface area contributed by atoms with Crippen molar-refractivity contribution < 1.29 is 14.3 Å². The van der Waals surface area contributed by atoms with Crippen molar-refractivity contribution in [1.29, 1.82) is 0 Å². The lowest BCUT2D eigenvalue weighted by atomic mass is 9.53. The Morgan fingerprint density at radius 3 is 2.32 bits per heavy atom. The average Bonchev–Trinajstić information content (AvgIpc) is 2.51. The first-order valence-corrected chi connectivity index (χ1v) is 9.27. The van der Waals surface area contributed by atoms with Gasteiger partial charge in [-0.3, -0.25) is 9.59 Å². The molecule has 134 valence electrons. The van der Waals surface area contributed by atoms with Crippen LogP contribution < -0.4 is 15.8 Å². The highest BCUT2D eigenvalue weighted by molar-refractivity contribution is 5.95. The van der Waals surface area contributed by atoms with Crippen LogP contribution in [0.3, 0.4) is 0 Å². The summed E-state index contributed by atoms with van der Waals surface area (Å²) in [5.74, 6) is 2.09. The highest BCUT2D eigenvalue weighted by Crippen LogP contribution is 2.55. The van der Waals surface area contributed by atoms with Gasteiger partial charge in [-0.25, -0.2) is 0 Å². The SMILES string of the molecule is Cc1ccc(C(N)=O)c(OCC(=O)NC23CC4CC(CC(C4)C2)C3)c1. The van der Waals surface area contributed by atoms with E-state index in [0.717, 1.165) is 42.6 Å². The van der Waals surface area contributed by atoms with Gasteiger partial charge in [-0.1, -0.05) is 6.07 Å². The van der Waals surface area contributed by atoms with E-state index in [1.807, 2.05) is 13.0 Å². The Labute approximate surface area is 148 Å². The third-order valence-electron chi connectivity index (χ3n) is 6.20. The maximum Gasteiger partial charge on any atom is 0.258 e. The molecule has 0 aliphatic heterocycles. The van der Waals surface area contributed by atoms with Gasteiger partial charge < -0.3 is 15.8 Å². The summed E-state index contributed by atoms with van der Waals surface area (Å²) in [4.78, 5) is 24.0. The van der Waals surface area contributed by atoms with E-state index >= 15 is 0 Å². The van der Waals surface area contributed by atoms with Gasteiger partial charge in [0.2, 0.25) is 0 Å². The number of amides is 2. The smallest absolute Gasteiger partial charge is 0.258 e. The molecule has 5 nitrogen and oxygen atoms in total. The first-order chi connectivity index (χ1) is 11.9. The molecule has 4 bridgehead atoms. The summed E-state index contributed by atoms with van der Waals surface area (Å²) in [7, 11) is 0. The number of rotatable bonds is 5. The standard InChI is InChI=1S/C20H26N2O3/c1-12-2-3-16(19(21)24)17(4-12)25-11-18(23)22-20-8-13-5-14(9-20)7-15(6-13)10-20/h2-4,13-15H,5-11H2,1H3,(H2,21,24)(H,22,23). The fourth-order valence-electron chi connectivity index (χ4n) is 5.69. The summed E-state index contributed by atoms with van der Waals surface area (Å²) in [5, 5.41) is 3.28. The van der Waals surface area contributed by atoms with Gasteiger partial charge in [0.15, 0.2) is 6.61 Å². The van der Waals surface area contributed by atoms with Gasteiger partial charge in [0.1, 0.15) is 5.75 Å². The number of nitrogens with one attached hydrogen (secondary N) is 1. The highest BCUT2D eigenvalue weighted by Gasteiger charge is 2.51. The minimum Gasteiger partial charge on any atom is -0.483 e. The molecule has 0 radical (unpaired) electrons. The molecule has 4 aliphatic rings. The van der Waals surface area contributed by atoms with Crippen molar-refractivity contribution in [3.63, 3.8) is 0 Å². The molecule has 0 atom stereocenters. The van der Waals surface area contributed by atoms with E-state index in [9.17, 15) is 9.59 Å². The molecule has 0 unspecified atom stereocenters. The summed E-state index contributed by atoms with van der Waals surface area (Å²) in [5.41, 5.74) is 6.64. The molecule has 1 aromatic carbocycles. The number of ether oxygens (including phenoxy) is 1. The van der Waals surface area contributed by atoms with Crippen molar-refractivity contribution in [2.75, 3.05) is 6.61 Å². The number of primary amides is 1. The van der Waals surface area contributed by atoms with E-state index in [1.165, 1.54) is 19.3 Å². The molecular formula is C20H26N2O3. The Balaban J connectivity index is 1.40. The van der Waals surface area contributed by atoms with Crippen LogP contribution in [0.2, 0.25) is 0 Å². The predicted octanol–water partition coefficient (Wildman–Crippen LogP) is 2.56. The van der Waals surface area contributed by atoms with Crippen LogP contribution in [0.25, 0.3) is 0 Å². The third kappa shape index (κ3) is 3.24. The van der Waals surface area contributed by atoms with Crippen LogP contribution in [-0.2, 0) is 4.79 Å². The molecule has 1 aromatic rings. The molecule has 4 aliphatic carbocycles. The maximum atomic E-state index is 12.5. The molecule has 25 heavy (non-hydrogen) atoms. The Bertz CT molecular complexity index is 678. The Morgan fingerprint density at radius 2 is 1.76 bits per heavy atom. The van der Waals surface area contributed by atoms with Crippen LogP contribution >= 0.6 is 0 Å². The Kier molecular flexibility index (Phi) is 3.97. The molecule has 3 N–H and O–H groups in total. The number of nitrogens with two attached hydrogens (primary N) is 1. The molecule has 0 heterocycles. The summed E-state index contributed by atoms with van der Waals surface area (Å²) in [6.07, 6.45) is 7.37. The zero-order valence-electron chi connectivity index (χ0n) is 14.7. The van der Waals surface area contributed by atoms with Gasteiger partial charge in [-0.2, -0.15) is 0 Å². The van der Waals surface area contributed by atoms with Gasteiger partial charge in [-0.05, 0) is 80.9 Å². The lowest BCUT2D eigenvalue weighted by Gasteiger charge is -2.56.